The molecule has 2 N–H and O–H groups in total. The molecule has 2 heterocycles. The minimum atomic E-state index is -0.349. The number of hydrogen-bond acceptors (Lipinski definition) is 5. The third-order valence-electron chi connectivity index (χ3n) is 3.76. The summed E-state index contributed by atoms with van der Waals surface area (Å²) in [5.41, 5.74) is 1.09. The molecule has 0 aliphatic carbocycles. The number of carbonyl (C=O) groups is 1. The van der Waals surface area contributed by atoms with Gasteiger partial charge in [0, 0.05) is 18.1 Å². The van der Waals surface area contributed by atoms with Gasteiger partial charge < -0.3 is 15.0 Å². The van der Waals surface area contributed by atoms with Crippen molar-refractivity contribution in [2.45, 2.75) is 17.5 Å². The van der Waals surface area contributed by atoms with E-state index in [0.29, 0.717) is 28.0 Å². The lowest BCUT2D eigenvalue weighted by molar-refractivity contribution is -0.116. The maximum atomic E-state index is 12.6. The fourth-order valence-electron chi connectivity index (χ4n) is 2.70. The van der Waals surface area contributed by atoms with E-state index >= 15 is 0 Å². The van der Waals surface area contributed by atoms with Crippen LogP contribution in [0.3, 0.4) is 0 Å². The SMILES string of the molecule is C=CCSc1nc2c(c(=O)[nH]1)C(c1cccc(OC)c1)CC(=O)N2. The molecule has 3 rings (SSSR count). The van der Waals surface area contributed by atoms with E-state index in [-0.39, 0.29) is 23.8 Å². The van der Waals surface area contributed by atoms with Crippen LogP contribution in [0.2, 0.25) is 0 Å². The topological polar surface area (TPSA) is 84.1 Å². The van der Waals surface area contributed by atoms with Crippen molar-refractivity contribution >= 4 is 23.5 Å². The van der Waals surface area contributed by atoms with Crippen molar-refractivity contribution in [2.75, 3.05) is 18.2 Å². The van der Waals surface area contributed by atoms with Crippen molar-refractivity contribution in [1.29, 1.82) is 0 Å². The Balaban J connectivity index is 2.07. The minimum absolute atomic E-state index is 0.159. The maximum Gasteiger partial charge on any atom is 0.257 e. The van der Waals surface area contributed by atoms with E-state index in [0.717, 1.165) is 5.56 Å². The summed E-state index contributed by atoms with van der Waals surface area (Å²) in [6.07, 6.45) is 1.92. The Bertz CT molecular complexity index is 847. The van der Waals surface area contributed by atoms with Crippen LogP contribution >= 0.6 is 11.8 Å². The lowest BCUT2D eigenvalue weighted by Gasteiger charge is -2.24. The molecule has 1 atom stereocenters. The second-order valence-corrected chi connectivity index (χ2v) is 6.32. The molecule has 6 nitrogen and oxygen atoms in total. The number of nitrogens with one attached hydrogen (secondary N) is 2. The van der Waals surface area contributed by atoms with E-state index < -0.39 is 0 Å². The zero-order chi connectivity index (χ0) is 17.1. The van der Waals surface area contributed by atoms with Gasteiger partial charge in [0.15, 0.2) is 5.16 Å². The van der Waals surface area contributed by atoms with E-state index in [4.69, 9.17) is 4.74 Å². The number of ether oxygens (including phenoxy) is 1. The molecular formula is C17H17N3O3S. The predicted molar refractivity (Wildman–Crippen MR) is 93.9 cm³/mol. The van der Waals surface area contributed by atoms with Gasteiger partial charge in [-0.1, -0.05) is 30.0 Å². The average Bonchev–Trinajstić information content (AvgIpc) is 2.59. The van der Waals surface area contributed by atoms with Gasteiger partial charge in [0.25, 0.3) is 5.56 Å². The van der Waals surface area contributed by atoms with Crippen molar-refractivity contribution < 1.29 is 9.53 Å². The number of benzene rings is 1. The van der Waals surface area contributed by atoms with Gasteiger partial charge in [-0.3, -0.25) is 9.59 Å². The highest BCUT2D eigenvalue weighted by Crippen LogP contribution is 2.35. The van der Waals surface area contributed by atoms with Crippen LogP contribution in [0.4, 0.5) is 5.82 Å². The van der Waals surface area contributed by atoms with Crippen molar-refractivity contribution in [2.24, 2.45) is 0 Å². The molecule has 24 heavy (non-hydrogen) atoms. The van der Waals surface area contributed by atoms with Crippen LogP contribution < -0.4 is 15.6 Å². The van der Waals surface area contributed by atoms with E-state index in [1.165, 1.54) is 11.8 Å². The first kappa shape index (κ1) is 16.3. The van der Waals surface area contributed by atoms with E-state index in [9.17, 15) is 9.59 Å². The van der Waals surface area contributed by atoms with E-state index in [1.54, 1.807) is 13.2 Å². The maximum absolute atomic E-state index is 12.6. The smallest absolute Gasteiger partial charge is 0.257 e. The molecule has 2 aromatic rings. The van der Waals surface area contributed by atoms with Crippen molar-refractivity contribution in [1.82, 2.24) is 9.97 Å². The Hall–Kier alpha value is -2.54. The van der Waals surface area contributed by atoms with Crippen LogP contribution in [0, 0.1) is 0 Å². The highest BCUT2D eigenvalue weighted by atomic mass is 32.2. The summed E-state index contributed by atoms with van der Waals surface area (Å²) in [4.78, 5) is 31.8. The number of methoxy groups -OCH3 is 1. The number of rotatable bonds is 5. The van der Waals surface area contributed by atoms with Crippen LogP contribution in [-0.2, 0) is 4.79 Å². The number of H-pyrrole nitrogens is 1. The monoisotopic (exact) mass is 343 g/mol. The zero-order valence-electron chi connectivity index (χ0n) is 13.2. The van der Waals surface area contributed by atoms with Crippen LogP contribution in [0.25, 0.3) is 0 Å². The van der Waals surface area contributed by atoms with Gasteiger partial charge in [0.05, 0.1) is 12.7 Å². The molecule has 0 radical (unpaired) electrons. The standard InChI is InChI=1S/C17H17N3O3S/c1-3-7-24-17-19-15-14(16(22)20-17)12(9-13(21)18-15)10-5-4-6-11(8-10)23-2/h3-6,8,12H,1,7,9H2,2H3,(H2,18,19,20,21,22). The first-order chi connectivity index (χ1) is 11.6. The molecule has 0 bridgehead atoms. The number of nitrogens with zero attached hydrogens (tertiary/aromatic N) is 1. The van der Waals surface area contributed by atoms with Gasteiger partial charge in [0.1, 0.15) is 11.6 Å². The van der Waals surface area contributed by atoms with E-state index in [2.05, 4.69) is 21.9 Å². The predicted octanol–water partition coefficient (Wildman–Crippen LogP) is 2.53. The molecular weight excluding hydrogens is 326 g/mol. The van der Waals surface area contributed by atoms with Crippen LogP contribution in [0.1, 0.15) is 23.5 Å². The highest BCUT2D eigenvalue weighted by Gasteiger charge is 2.31. The molecule has 7 heteroatoms. The van der Waals surface area contributed by atoms with Gasteiger partial charge in [-0.2, -0.15) is 0 Å². The molecule has 0 spiro atoms. The van der Waals surface area contributed by atoms with Gasteiger partial charge in [0.2, 0.25) is 5.91 Å². The van der Waals surface area contributed by atoms with Crippen molar-refractivity contribution in [3.05, 3.63) is 58.4 Å². The van der Waals surface area contributed by atoms with Crippen LogP contribution in [0.5, 0.6) is 5.75 Å². The highest BCUT2D eigenvalue weighted by molar-refractivity contribution is 7.99. The van der Waals surface area contributed by atoms with Crippen LogP contribution in [0.15, 0.2) is 46.9 Å². The molecule has 1 aliphatic rings. The Morgan fingerprint density at radius 2 is 2.29 bits per heavy atom. The quantitative estimate of drug-likeness (QED) is 0.495. The van der Waals surface area contributed by atoms with Gasteiger partial charge in [-0.05, 0) is 17.7 Å². The Labute approximate surface area is 143 Å². The normalized spacial score (nSPS) is 16.2. The average molecular weight is 343 g/mol. The number of fused-ring (bicyclic) bond motifs is 1. The molecule has 124 valence electrons. The number of thioether (sulfide) groups is 1. The number of amides is 1. The summed E-state index contributed by atoms with van der Waals surface area (Å²) in [5.74, 6) is 1.12. The molecule has 1 amide bonds. The Morgan fingerprint density at radius 3 is 3.04 bits per heavy atom. The third-order valence-corrected chi connectivity index (χ3v) is 4.63. The number of aromatic amines is 1. The number of anilines is 1. The molecule has 1 aromatic carbocycles. The third kappa shape index (κ3) is 3.21. The minimum Gasteiger partial charge on any atom is -0.497 e. The molecule has 1 unspecified atom stereocenters. The summed E-state index contributed by atoms with van der Waals surface area (Å²) in [7, 11) is 1.58. The fourth-order valence-corrected chi connectivity index (χ4v) is 3.30. The van der Waals surface area contributed by atoms with Gasteiger partial charge in [-0.25, -0.2) is 4.98 Å². The first-order valence-electron chi connectivity index (χ1n) is 7.44. The zero-order valence-corrected chi connectivity index (χ0v) is 14.0. The summed E-state index contributed by atoms with van der Waals surface area (Å²) in [5, 5.41) is 3.17. The number of carbonyl (C=O) groups excluding carboxylic acids is 1. The van der Waals surface area contributed by atoms with Gasteiger partial charge in [-0.15, -0.1) is 6.58 Å². The van der Waals surface area contributed by atoms with Gasteiger partial charge >= 0.3 is 0 Å². The number of aromatic nitrogens is 2. The fraction of sp³-hybridized carbons (Fsp3) is 0.235. The largest absolute Gasteiger partial charge is 0.497 e. The van der Waals surface area contributed by atoms with E-state index in [1.807, 2.05) is 24.3 Å². The lowest BCUT2D eigenvalue weighted by Crippen LogP contribution is -2.31. The van der Waals surface area contributed by atoms with Crippen molar-refractivity contribution in [3.8, 4) is 5.75 Å². The Kier molecular flexibility index (Phi) is 4.71. The van der Waals surface area contributed by atoms with Crippen molar-refractivity contribution in [3.63, 3.8) is 0 Å². The summed E-state index contributed by atoms with van der Waals surface area (Å²) < 4.78 is 5.24. The molecule has 1 aromatic heterocycles. The summed E-state index contributed by atoms with van der Waals surface area (Å²) >= 11 is 1.36. The second kappa shape index (κ2) is 6.92. The summed E-state index contributed by atoms with van der Waals surface area (Å²) in [6, 6.07) is 7.39. The first-order valence-corrected chi connectivity index (χ1v) is 8.42. The molecule has 0 saturated carbocycles. The van der Waals surface area contributed by atoms with Crippen LogP contribution in [-0.4, -0.2) is 28.7 Å². The summed E-state index contributed by atoms with van der Waals surface area (Å²) in [6.45, 7) is 3.64. The number of hydrogen-bond donors (Lipinski definition) is 2. The lowest BCUT2D eigenvalue weighted by atomic mass is 9.87. The second-order valence-electron chi connectivity index (χ2n) is 5.31. The molecule has 0 fully saturated rings. The molecule has 0 saturated heterocycles. The Morgan fingerprint density at radius 1 is 1.46 bits per heavy atom. The molecule has 1 aliphatic heterocycles.